The normalized spacial score (nSPS) is 10.3. The number of carboxylic acid groups (broad SMARTS) is 1. The Kier molecular flexibility index (Phi) is 5.57. The Hall–Kier alpha value is -1.35. The van der Waals surface area contributed by atoms with Crippen molar-refractivity contribution in [1.82, 2.24) is 5.32 Å². The number of carboxylic acids is 1. The third-order valence-electron chi connectivity index (χ3n) is 2.54. The molecule has 0 heterocycles. The fourth-order valence-electron chi connectivity index (χ4n) is 1.49. The standard InChI is InChI=1S/C13H19NO2/c1-2-11-3-5-12(6-4-11)7-9-14-10-8-13(15)16/h3-6,14H,2,7-10H2,1H3,(H,15,16). The average molecular weight is 221 g/mol. The van der Waals surface area contributed by atoms with Gasteiger partial charge in [0.05, 0.1) is 6.42 Å². The zero-order valence-corrected chi connectivity index (χ0v) is 9.70. The highest BCUT2D eigenvalue weighted by molar-refractivity contribution is 5.66. The maximum absolute atomic E-state index is 10.3. The molecule has 0 saturated carbocycles. The van der Waals surface area contributed by atoms with E-state index in [2.05, 4.69) is 36.5 Å². The van der Waals surface area contributed by atoms with Gasteiger partial charge < -0.3 is 10.4 Å². The van der Waals surface area contributed by atoms with Crippen LogP contribution >= 0.6 is 0 Å². The molecule has 0 aliphatic heterocycles. The number of benzene rings is 1. The second-order valence-corrected chi connectivity index (χ2v) is 3.81. The Balaban J connectivity index is 2.19. The smallest absolute Gasteiger partial charge is 0.304 e. The van der Waals surface area contributed by atoms with Crippen LogP contribution in [-0.2, 0) is 17.6 Å². The van der Waals surface area contributed by atoms with Gasteiger partial charge in [0.15, 0.2) is 0 Å². The third kappa shape index (κ3) is 4.94. The molecule has 0 fully saturated rings. The van der Waals surface area contributed by atoms with Gasteiger partial charge >= 0.3 is 5.97 Å². The first kappa shape index (κ1) is 12.7. The van der Waals surface area contributed by atoms with Crippen LogP contribution in [0.1, 0.15) is 24.5 Å². The second kappa shape index (κ2) is 7.01. The van der Waals surface area contributed by atoms with Gasteiger partial charge in [0, 0.05) is 6.54 Å². The van der Waals surface area contributed by atoms with E-state index < -0.39 is 5.97 Å². The van der Waals surface area contributed by atoms with E-state index in [1.807, 2.05) is 0 Å². The minimum absolute atomic E-state index is 0.189. The van der Waals surface area contributed by atoms with Crippen LogP contribution in [0.25, 0.3) is 0 Å². The summed E-state index contributed by atoms with van der Waals surface area (Å²) in [5.74, 6) is -0.750. The maximum Gasteiger partial charge on any atom is 0.304 e. The van der Waals surface area contributed by atoms with Crippen molar-refractivity contribution < 1.29 is 9.90 Å². The Labute approximate surface area is 96.5 Å². The maximum atomic E-state index is 10.3. The number of rotatable bonds is 7. The second-order valence-electron chi connectivity index (χ2n) is 3.81. The lowest BCUT2D eigenvalue weighted by atomic mass is 10.1. The first-order chi connectivity index (χ1) is 7.72. The Morgan fingerprint density at radius 3 is 2.38 bits per heavy atom. The van der Waals surface area contributed by atoms with E-state index in [0.717, 1.165) is 19.4 Å². The summed E-state index contributed by atoms with van der Waals surface area (Å²) in [6.07, 6.45) is 2.20. The quantitative estimate of drug-likeness (QED) is 0.691. The van der Waals surface area contributed by atoms with Crippen molar-refractivity contribution in [2.45, 2.75) is 26.2 Å². The molecular formula is C13H19NO2. The van der Waals surface area contributed by atoms with Crippen LogP contribution in [0, 0.1) is 0 Å². The number of aliphatic carboxylic acids is 1. The molecule has 3 heteroatoms. The van der Waals surface area contributed by atoms with Gasteiger partial charge in [-0.25, -0.2) is 0 Å². The summed E-state index contributed by atoms with van der Waals surface area (Å²) in [6, 6.07) is 8.56. The predicted octanol–water partition coefficient (Wildman–Crippen LogP) is 1.86. The minimum atomic E-state index is -0.750. The molecule has 0 unspecified atom stereocenters. The highest BCUT2D eigenvalue weighted by atomic mass is 16.4. The molecule has 0 aliphatic carbocycles. The zero-order valence-electron chi connectivity index (χ0n) is 9.70. The fraction of sp³-hybridized carbons (Fsp3) is 0.462. The Morgan fingerprint density at radius 1 is 1.19 bits per heavy atom. The van der Waals surface area contributed by atoms with E-state index in [4.69, 9.17) is 5.11 Å². The molecule has 2 N–H and O–H groups in total. The molecule has 0 saturated heterocycles. The van der Waals surface area contributed by atoms with E-state index in [0.29, 0.717) is 6.54 Å². The van der Waals surface area contributed by atoms with Gasteiger partial charge in [0.25, 0.3) is 0 Å². The van der Waals surface area contributed by atoms with E-state index in [9.17, 15) is 4.79 Å². The molecule has 0 radical (unpaired) electrons. The molecule has 1 rings (SSSR count). The van der Waals surface area contributed by atoms with Crippen LogP contribution in [0.4, 0.5) is 0 Å². The molecule has 88 valence electrons. The summed E-state index contributed by atoms with van der Waals surface area (Å²) < 4.78 is 0. The number of aryl methyl sites for hydroxylation is 1. The van der Waals surface area contributed by atoms with E-state index in [1.54, 1.807) is 0 Å². The monoisotopic (exact) mass is 221 g/mol. The predicted molar refractivity (Wildman–Crippen MR) is 64.6 cm³/mol. The topological polar surface area (TPSA) is 49.3 Å². The van der Waals surface area contributed by atoms with Gasteiger partial charge in [0.1, 0.15) is 0 Å². The SMILES string of the molecule is CCc1ccc(CCNCCC(=O)O)cc1. The van der Waals surface area contributed by atoms with E-state index >= 15 is 0 Å². The molecule has 16 heavy (non-hydrogen) atoms. The van der Waals surface area contributed by atoms with Gasteiger partial charge in [-0.15, -0.1) is 0 Å². The lowest BCUT2D eigenvalue weighted by Gasteiger charge is -2.04. The molecule has 3 nitrogen and oxygen atoms in total. The van der Waals surface area contributed by atoms with Crippen LogP contribution in [0.5, 0.6) is 0 Å². The van der Waals surface area contributed by atoms with Crippen LogP contribution in [0.2, 0.25) is 0 Å². The van der Waals surface area contributed by atoms with Gasteiger partial charge in [-0.2, -0.15) is 0 Å². The molecule has 0 atom stereocenters. The summed E-state index contributed by atoms with van der Waals surface area (Å²) in [5, 5.41) is 11.6. The number of carbonyl (C=O) groups is 1. The largest absolute Gasteiger partial charge is 0.481 e. The summed E-state index contributed by atoms with van der Waals surface area (Å²) in [5.41, 5.74) is 2.64. The summed E-state index contributed by atoms with van der Waals surface area (Å²) in [4.78, 5) is 10.3. The van der Waals surface area contributed by atoms with Crippen molar-refractivity contribution in [1.29, 1.82) is 0 Å². The molecule has 0 aromatic heterocycles. The Bertz CT molecular complexity index is 319. The van der Waals surface area contributed by atoms with Gasteiger partial charge in [-0.05, 0) is 30.5 Å². The molecule has 0 spiro atoms. The van der Waals surface area contributed by atoms with Gasteiger partial charge in [-0.3, -0.25) is 4.79 Å². The number of nitrogens with one attached hydrogen (secondary N) is 1. The molecule has 1 aromatic carbocycles. The van der Waals surface area contributed by atoms with Crippen molar-refractivity contribution in [3.8, 4) is 0 Å². The lowest BCUT2D eigenvalue weighted by Crippen LogP contribution is -2.20. The lowest BCUT2D eigenvalue weighted by molar-refractivity contribution is -0.136. The molecular weight excluding hydrogens is 202 g/mol. The molecule has 0 aliphatic rings. The third-order valence-corrected chi connectivity index (χ3v) is 2.54. The Morgan fingerprint density at radius 2 is 1.81 bits per heavy atom. The molecule has 0 amide bonds. The summed E-state index contributed by atoms with van der Waals surface area (Å²) in [7, 11) is 0. The van der Waals surface area contributed by atoms with Gasteiger partial charge in [0.2, 0.25) is 0 Å². The van der Waals surface area contributed by atoms with Crippen molar-refractivity contribution in [3.05, 3.63) is 35.4 Å². The van der Waals surface area contributed by atoms with Crippen molar-refractivity contribution in [3.63, 3.8) is 0 Å². The van der Waals surface area contributed by atoms with Crippen LogP contribution in [0.3, 0.4) is 0 Å². The van der Waals surface area contributed by atoms with Crippen molar-refractivity contribution >= 4 is 5.97 Å². The van der Waals surface area contributed by atoms with E-state index in [1.165, 1.54) is 11.1 Å². The number of hydrogen-bond donors (Lipinski definition) is 2. The van der Waals surface area contributed by atoms with Crippen molar-refractivity contribution in [2.24, 2.45) is 0 Å². The minimum Gasteiger partial charge on any atom is -0.481 e. The van der Waals surface area contributed by atoms with Gasteiger partial charge in [-0.1, -0.05) is 31.2 Å². The average Bonchev–Trinajstić information content (AvgIpc) is 2.29. The first-order valence-corrected chi connectivity index (χ1v) is 5.72. The van der Waals surface area contributed by atoms with Crippen molar-refractivity contribution in [2.75, 3.05) is 13.1 Å². The van der Waals surface area contributed by atoms with E-state index in [-0.39, 0.29) is 6.42 Å². The number of hydrogen-bond acceptors (Lipinski definition) is 2. The highest BCUT2D eigenvalue weighted by Crippen LogP contribution is 2.05. The summed E-state index contributed by atoms with van der Waals surface area (Å²) >= 11 is 0. The molecule has 0 bridgehead atoms. The summed E-state index contributed by atoms with van der Waals surface area (Å²) in [6.45, 7) is 3.52. The zero-order chi connectivity index (χ0) is 11.8. The van der Waals surface area contributed by atoms with Crippen LogP contribution < -0.4 is 5.32 Å². The first-order valence-electron chi connectivity index (χ1n) is 5.72. The van der Waals surface area contributed by atoms with Crippen LogP contribution in [-0.4, -0.2) is 24.2 Å². The fourth-order valence-corrected chi connectivity index (χ4v) is 1.49. The van der Waals surface area contributed by atoms with Crippen LogP contribution in [0.15, 0.2) is 24.3 Å². The molecule has 1 aromatic rings. The highest BCUT2D eigenvalue weighted by Gasteiger charge is 1.96.